The van der Waals surface area contributed by atoms with Gasteiger partial charge in [-0.25, -0.2) is 13.2 Å². The molecule has 2 N–H and O–H groups in total. The summed E-state index contributed by atoms with van der Waals surface area (Å²) in [5.74, 6) is -2.97. The molecule has 0 spiro atoms. The van der Waals surface area contributed by atoms with Gasteiger partial charge in [0.1, 0.15) is 11.0 Å². The summed E-state index contributed by atoms with van der Waals surface area (Å²) in [5, 5.41) is 3.47. The van der Waals surface area contributed by atoms with Gasteiger partial charge in [0.15, 0.2) is 9.84 Å². The van der Waals surface area contributed by atoms with Gasteiger partial charge in [0.25, 0.3) is 0 Å². The van der Waals surface area contributed by atoms with Crippen LogP contribution in [0.5, 0.6) is 0 Å². The first kappa shape index (κ1) is 22.1. The number of hydrogen-bond acceptors (Lipinski definition) is 6. The van der Waals surface area contributed by atoms with Crippen LogP contribution in [0.3, 0.4) is 0 Å². The van der Waals surface area contributed by atoms with E-state index in [0.29, 0.717) is 5.69 Å². The van der Waals surface area contributed by atoms with Gasteiger partial charge in [0.05, 0.1) is 12.7 Å². The smallest absolute Gasteiger partial charge is 0.337 e. The first-order valence-electron chi connectivity index (χ1n) is 8.69. The molecule has 8 nitrogen and oxygen atoms in total. The van der Waals surface area contributed by atoms with E-state index in [9.17, 15) is 22.8 Å². The molecule has 0 fully saturated rings. The third-order valence-electron chi connectivity index (χ3n) is 4.13. The molecule has 1 atom stereocenters. The molecule has 154 valence electrons. The van der Waals surface area contributed by atoms with E-state index in [-0.39, 0.29) is 11.3 Å². The molecule has 2 aromatic carbocycles. The molecular weight excluding hydrogens is 396 g/mol. The molecule has 2 rings (SSSR count). The van der Waals surface area contributed by atoms with E-state index >= 15 is 0 Å². The van der Waals surface area contributed by atoms with Crippen molar-refractivity contribution in [3.8, 4) is 0 Å². The van der Waals surface area contributed by atoms with Crippen LogP contribution in [0.4, 0.5) is 11.4 Å². The van der Waals surface area contributed by atoms with E-state index in [1.807, 2.05) is 6.92 Å². The predicted molar refractivity (Wildman–Crippen MR) is 109 cm³/mol. The summed E-state index contributed by atoms with van der Waals surface area (Å²) in [7, 11) is -2.83. The second kappa shape index (κ2) is 9.33. The molecule has 0 saturated heterocycles. The first-order valence-corrected chi connectivity index (χ1v) is 10.4. The van der Waals surface area contributed by atoms with Gasteiger partial charge < -0.3 is 15.4 Å². The quantitative estimate of drug-likeness (QED) is 0.665. The topological polar surface area (TPSA) is 119 Å². The van der Waals surface area contributed by atoms with Gasteiger partial charge in [-0.1, -0.05) is 23.8 Å². The number of ether oxygens (including phenoxy) is 1. The highest BCUT2D eigenvalue weighted by Gasteiger charge is 2.30. The normalized spacial score (nSPS) is 12.0. The number of aryl methyl sites for hydroxylation is 1. The van der Waals surface area contributed by atoms with Crippen LogP contribution < -0.4 is 10.6 Å². The van der Waals surface area contributed by atoms with Crippen LogP contribution in [0.1, 0.15) is 22.8 Å². The number of anilines is 2. The monoisotopic (exact) mass is 418 g/mol. The number of sulfone groups is 1. The molecule has 0 aliphatic carbocycles. The van der Waals surface area contributed by atoms with Crippen molar-refractivity contribution in [2.24, 2.45) is 0 Å². The molecule has 0 radical (unpaired) electrons. The second-order valence-electron chi connectivity index (χ2n) is 6.43. The predicted octanol–water partition coefficient (Wildman–Crippen LogP) is 2.16. The summed E-state index contributed by atoms with van der Waals surface area (Å²) < 4.78 is 29.5. The maximum Gasteiger partial charge on any atom is 0.337 e. The van der Waals surface area contributed by atoms with E-state index in [2.05, 4.69) is 15.4 Å². The Hall–Kier alpha value is -3.20. The summed E-state index contributed by atoms with van der Waals surface area (Å²) in [5.41, 5.74) is 1.91. The number of nitrogens with one attached hydrogen (secondary N) is 2. The van der Waals surface area contributed by atoms with E-state index in [1.54, 1.807) is 24.3 Å². The summed E-state index contributed by atoms with van der Waals surface area (Å²) in [4.78, 5) is 36.0. The fourth-order valence-electron chi connectivity index (χ4n) is 2.39. The van der Waals surface area contributed by atoms with Crippen molar-refractivity contribution in [2.45, 2.75) is 19.1 Å². The molecule has 2 aromatic rings. The highest BCUT2D eigenvalue weighted by Crippen LogP contribution is 2.14. The Morgan fingerprint density at radius 1 is 1.00 bits per heavy atom. The second-order valence-corrected chi connectivity index (χ2v) is 8.75. The molecule has 0 aliphatic rings. The van der Waals surface area contributed by atoms with Gasteiger partial charge in [-0.2, -0.15) is 0 Å². The van der Waals surface area contributed by atoms with Crippen LogP contribution in [0.2, 0.25) is 0 Å². The molecule has 9 heteroatoms. The van der Waals surface area contributed by atoms with Gasteiger partial charge in [-0.3, -0.25) is 9.59 Å². The van der Waals surface area contributed by atoms with Crippen molar-refractivity contribution in [3.05, 3.63) is 59.7 Å². The Bertz CT molecular complexity index is 1020. The van der Waals surface area contributed by atoms with E-state index < -0.39 is 38.6 Å². The molecule has 0 saturated carbocycles. The van der Waals surface area contributed by atoms with Crippen LogP contribution >= 0.6 is 0 Å². The number of rotatable bonds is 7. The summed E-state index contributed by atoms with van der Waals surface area (Å²) in [6, 6.07) is 12.8. The van der Waals surface area contributed by atoms with Gasteiger partial charge >= 0.3 is 5.97 Å². The Morgan fingerprint density at radius 3 is 2.28 bits per heavy atom. The SMILES string of the molecule is COC(=O)c1cccc(NC(=O)C(C)S(=O)(=O)CC(=O)Nc2ccc(C)cc2)c1. The standard InChI is InChI=1S/C20H22N2O6S/c1-13-7-9-16(10-8-13)21-18(23)12-29(26,27)14(2)19(24)22-17-6-4-5-15(11-17)20(25)28-3/h4-11,14H,12H2,1-3H3,(H,21,23)(H,22,24). The van der Waals surface area contributed by atoms with Gasteiger partial charge in [0.2, 0.25) is 11.8 Å². The lowest BCUT2D eigenvalue weighted by Gasteiger charge is -2.14. The summed E-state index contributed by atoms with van der Waals surface area (Å²) in [6.45, 7) is 3.09. The third kappa shape index (κ3) is 6.15. The highest BCUT2D eigenvalue weighted by molar-refractivity contribution is 7.93. The molecule has 2 amide bonds. The van der Waals surface area contributed by atoms with Crippen molar-refractivity contribution in [3.63, 3.8) is 0 Å². The fraction of sp³-hybridized carbons (Fsp3) is 0.250. The number of carbonyl (C=O) groups excluding carboxylic acids is 3. The lowest BCUT2D eigenvalue weighted by molar-refractivity contribution is -0.115. The number of esters is 1. The van der Waals surface area contributed by atoms with Crippen molar-refractivity contribution in [1.82, 2.24) is 0 Å². The third-order valence-corrected chi connectivity index (χ3v) is 6.08. The van der Waals surface area contributed by atoms with Gasteiger partial charge in [-0.15, -0.1) is 0 Å². The lowest BCUT2D eigenvalue weighted by atomic mass is 10.2. The highest BCUT2D eigenvalue weighted by atomic mass is 32.2. The Kier molecular flexibility index (Phi) is 7.11. The summed E-state index contributed by atoms with van der Waals surface area (Å²) >= 11 is 0. The minimum Gasteiger partial charge on any atom is -0.465 e. The maximum absolute atomic E-state index is 12.4. The molecule has 0 heterocycles. The zero-order valence-corrected chi connectivity index (χ0v) is 17.1. The Balaban J connectivity index is 2.02. The number of carbonyl (C=O) groups is 3. The first-order chi connectivity index (χ1) is 13.6. The minimum absolute atomic E-state index is 0.207. The summed E-state index contributed by atoms with van der Waals surface area (Å²) in [6.07, 6.45) is 0. The van der Waals surface area contributed by atoms with Crippen LogP contribution in [0, 0.1) is 6.92 Å². The zero-order chi connectivity index (χ0) is 21.6. The average Bonchev–Trinajstić information content (AvgIpc) is 2.68. The largest absolute Gasteiger partial charge is 0.465 e. The number of hydrogen-bond donors (Lipinski definition) is 2. The number of amides is 2. The van der Waals surface area contributed by atoms with E-state index in [0.717, 1.165) is 5.56 Å². The lowest BCUT2D eigenvalue weighted by Crippen LogP contribution is -2.37. The molecule has 1 unspecified atom stereocenters. The maximum atomic E-state index is 12.4. The minimum atomic E-state index is -4.05. The number of methoxy groups -OCH3 is 1. The number of benzene rings is 2. The fourth-order valence-corrected chi connectivity index (χ4v) is 3.46. The Morgan fingerprint density at radius 2 is 1.66 bits per heavy atom. The molecule has 29 heavy (non-hydrogen) atoms. The van der Waals surface area contributed by atoms with Crippen LogP contribution in [0.25, 0.3) is 0 Å². The Labute approximate surface area is 169 Å². The molecular formula is C20H22N2O6S. The van der Waals surface area contributed by atoms with Gasteiger partial charge in [0, 0.05) is 11.4 Å². The molecule has 0 bridgehead atoms. The molecule has 0 aliphatic heterocycles. The van der Waals surface area contributed by atoms with Crippen LogP contribution in [0.15, 0.2) is 48.5 Å². The zero-order valence-electron chi connectivity index (χ0n) is 16.3. The van der Waals surface area contributed by atoms with E-state index in [1.165, 1.54) is 38.3 Å². The van der Waals surface area contributed by atoms with Crippen molar-refractivity contribution < 1.29 is 27.5 Å². The van der Waals surface area contributed by atoms with Gasteiger partial charge in [-0.05, 0) is 44.2 Å². The van der Waals surface area contributed by atoms with Crippen LogP contribution in [-0.2, 0) is 24.2 Å². The van der Waals surface area contributed by atoms with E-state index in [4.69, 9.17) is 0 Å². The average molecular weight is 418 g/mol. The van der Waals surface area contributed by atoms with Crippen LogP contribution in [-0.4, -0.2) is 44.3 Å². The van der Waals surface area contributed by atoms with Crippen molar-refractivity contribution in [2.75, 3.05) is 23.5 Å². The van der Waals surface area contributed by atoms with Crippen molar-refractivity contribution >= 4 is 39.0 Å². The van der Waals surface area contributed by atoms with Crippen molar-refractivity contribution in [1.29, 1.82) is 0 Å². The molecule has 0 aromatic heterocycles.